The molecule has 0 saturated carbocycles. The first kappa shape index (κ1) is 22.4. The number of hydrogen-bond donors (Lipinski definition) is 2. The van der Waals surface area contributed by atoms with Crippen molar-refractivity contribution in [1.29, 1.82) is 0 Å². The summed E-state index contributed by atoms with van der Waals surface area (Å²) in [5, 5.41) is 0. The number of halogens is 3. The highest BCUT2D eigenvalue weighted by molar-refractivity contribution is 5.86. The molecule has 0 aliphatic heterocycles. The Hall–Kier alpha value is 0.750. The van der Waals surface area contributed by atoms with Gasteiger partial charge < -0.3 is 16.2 Å². The lowest BCUT2D eigenvalue weighted by atomic mass is 10.6. The van der Waals surface area contributed by atoms with Gasteiger partial charge in [0.05, 0.1) is 6.61 Å². The van der Waals surface area contributed by atoms with Crippen LogP contribution < -0.4 is 11.5 Å². The van der Waals surface area contributed by atoms with Crippen molar-refractivity contribution in [2.45, 2.75) is 13.2 Å². The normalized spacial score (nSPS) is 9.90. The van der Waals surface area contributed by atoms with Gasteiger partial charge in [-0.3, -0.25) is 0 Å². The molecule has 3 nitrogen and oxygen atoms in total. The summed E-state index contributed by atoms with van der Waals surface area (Å²) in [7, 11) is 0. The maximum absolute atomic E-state index is 5.20. The molecule has 10 heavy (non-hydrogen) atoms. The molecular weight excluding hydrogens is 198 g/mol. The van der Waals surface area contributed by atoms with Gasteiger partial charge in [-0.25, -0.2) is 0 Å². The molecule has 0 aromatic rings. The minimum absolute atomic E-state index is 0. The molecule has 0 radical (unpaired) electrons. The molecule has 6 heteroatoms. The maximum Gasteiger partial charge on any atom is 0.102 e. The van der Waals surface area contributed by atoms with Crippen LogP contribution in [0.2, 0.25) is 0 Å². The second-order valence-electron chi connectivity index (χ2n) is 1.36. The van der Waals surface area contributed by atoms with Crippen LogP contribution in [-0.4, -0.2) is 19.4 Å². The van der Waals surface area contributed by atoms with E-state index in [2.05, 4.69) is 0 Å². The molecule has 0 aliphatic carbocycles. The van der Waals surface area contributed by atoms with Crippen molar-refractivity contribution in [1.82, 2.24) is 0 Å². The van der Waals surface area contributed by atoms with Crippen molar-refractivity contribution in [2.75, 3.05) is 13.2 Å². The predicted molar refractivity (Wildman–Crippen MR) is 50.4 cm³/mol. The second-order valence-corrected chi connectivity index (χ2v) is 1.36. The number of nitrogens with two attached hydrogens (primary N) is 2. The van der Waals surface area contributed by atoms with E-state index in [9.17, 15) is 0 Å². The summed E-state index contributed by atoms with van der Waals surface area (Å²) in [5.74, 6) is 0. The number of hydrogen-bond acceptors (Lipinski definition) is 3. The third-order valence-corrected chi connectivity index (χ3v) is 0.499. The molecule has 0 bridgehead atoms. The van der Waals surface area contributed by atoms with E-state index >= 15 is 0 Å². The first-order valence-corrected chi connectivity index (χ1v) is 2.34. The minimum atomic E-state index is -0.177. The van der Waals surface area contributed by atoms with Crippen molar-refractivity contribution in [2.24, 2.45) is 11.5 Å². The third-order valence-electron chi connectivity index (χ3n) is 0.499. The van der Waals surface area contributed by atoms with Crippen LogP contribution in [0.5, 0.6) is 0 Å². The topological polar surface area (TPSA) is 61.3 Å². The summed E-state index contributed by atoms with van der Waals surface area (Å²) in [6.07, 6.45) is -0.177. The average molecular weight is 214 g/mol. The molecule has 0 rings (SSSR count). The van der Waals surface area contributed by atoms with E-state index in [1.54, 1.807) is 6.92 Å². The van der Waals surface area contributed by atoms with Gasteiger partial charge >= 0.3 is 0 Å². The Balaban J connectivity index is -0.0000000600. The molecule has 1 atom stereocenters. The summed E-state index contributed by atoms with van der Waals surface area (Å²) in [4.78, 5) is 0. The van der Waals surface area contributed by atoms with Crippen molar-refractivity contribution >= 4 is 37.2 Å². The molecule has 0 fully saturated rings. The van der Waals surface area contributed by atoms with E-state index < -0.39 is 0 Å². The molecule has 0 aromatic heterocycles. The van der Waals surface area contributed by atoms with Gasteiger partial charge in [0.25, 0.3) is 0 Å². The van der Waals surface area contributed by atoms with Crippen LogP contribution in [0.4, 0.5) is 0 Å². The monoisotopic (exact) mass is 212 g/mol. The van der Waals surface area contributed by atoms with E-state index in [4.69, 9.17) is 16.2 Å². The molecule has 0 aromatic carbocycles. The van der Waals surface area contributed by atoms with Gasteiger partial charge in [0.1, 0.15) is 6.23 Å². The van der Waals surface area contributed by atoms with Gasteiger partial charge in [-0.05, 0) is 6.92 Å². The zero-order valence-corrected chi connectivity index (χ0v) is 8.23. The zero-order chi connectivity index (χ0) is 5.70. The lowest BCUT2D eigenvalue weighted by Gasteiger charge is -2.03. The van der Waals surface area contributed by atoms with Crippen LogP contribution in [0.3, 0.4) is 0 Å². The lowest BCUT2D eigenvalue weighted by molar-refractivity contribution is 0.0767. The van der Waals surface area contributed by atoms with Crippen LogP contribution in [-0.2, 0) is 4.74 Å². The number of rotatable bonds is 3. The van der Waals surface area contributed by atoms with E-state index in [1.165, 1.54) is 0 Å². The molecule has 0 heterocycles. The first-order chi connectivity index (χ1) is 3.27. The van der Waals surface area contributed by atoms with E-state index in [0.717, 1.165) is 0 Å². The van der Waals surface area contributed by atoms with Crippen LogP contribution in [0.1, 0.15) is 6.92 Å². The molecule has 1 unspecified atom stereocenters. The Morgan fingerprint density at radius 3 is 1.80 bits per heavy atom. The fraction of sp³-hybridized carbons (Fsp3) is 1.00. The third kappa shape index (κ3) is 23.3. The highest BCUT2D eigenvalue weighted by atomic mass is 35.5. The molecular formula is C4H15Cl3N2O. The van der Waals surface area contributed by atoms with Crippen molar-refractivity contribution < 1.29 is 4.74 Å². The minimum Gasteiger partial charge on any atom is -0.363 e. The van der Waals surface area contributed by atoms with E-state index in [-0.39, 0.29) is 43.4 Å². The van der Waals surface area contributed by atoms with Gasteiger partial charge in [0.2, 0.25) is 0 Å². The SMILES string of the molecule is CC(N)OCCN.Cl.Cl.Cl. The van der Waals surface area contributed by atoms with E-state index in [0.29, 0.717) is 13.2 Å². The Labute approximate surface area is 80.1 Å². The molecule has 0 spiro atoms. The largest absolute Gasteiger partial charge is 0.363 e. The van der Waals surface area contributed by atoms with Gasteiger partial charge in [0, 0.05) is 6.54 Å². The predicted octanol–water partition coefficient (Wildman–Crippen LogP) is 0.532. The van der Waals surface area contributed by atoms with Crippen LogP contribution in [0.15, 0.2) is 0 Å². The van der Waals surface area contributed by atoms with Crippen LogP contribution in [0.25, 0.3) is 0 Å². The highest BCUT2D eigenvalue weighted by Crippen LogP contribution is 1.74. The average Bonchev–Trinajstić information content (AvgIpc) is 1.61. The zero-order valence-electron chi connectivity index (χ0n) is 5.78. The maximum atomic E-state index is 5.20. The molecule has 0 amide bonds. The van der Waals surface area contributed by atoms with E-state index in [1.807, 2.05) is 0 Å². The first-order valence-electron chi connectivity index (χ1n) is 2.34. The second kappa shape index (κ2) is 16.4. The summed E-state index contributed by atoms with van der Waals surface area (Å²) in [5.41, 5.74) is 10.3. The fourth-order valence-corrected chi connectivity index (χ4v) is 0.254. The quantitative estimate of drug-likeness (QED) is 0.673. The smallest absolute Gasteiger partial charge is 0.102 e. The van der Waals surface area contributed by atoms with Crippen LogP contribution in [0, 0.1) is 0 Å². The Morgan fingerprint density at radius 2 is 1.70 bits per heavy atom. The number of ether oxygens (including phenoxy) is 1. The van der Waals surface area contributed by atoms with Crippen LogP contribution >= 0.6 is 37.2 Å². The summed E-state index contributed by atoms with van der Waals surface area (Å²) >= 11 is 0. The Morgan fingerprint density at radius 1 is 1.30 bits per heavy atom. The standard InChI is InChI=1S/C4H12N2O.3ClH/c1-4(6)7-3-2-5;;;/h4H,2-3,5-6H2,1H3;3*1H. The van der Waals surface area contributed by atoms with Gasteiger partial charge in [-0.15, -0.1) is 37.2 Å². The van der Waals surface area contributed by atoms with Crippen molar-refractivity contribution in [3.05, 3.63) is 0 Å². The molecule has 4 N–H and O–H groups in total. The van der Waals surface area contributed by atoms with Crippen molar-refractivity contribution in [3.8, 4) is 0 Å². The highest BCUT2D eigenvalue weighted by Gasteiger charge is 1.87. The summed E-state index contributed by atoms with van der Waals surface area (Å²) in [6.45, 7) is 2.87. The lowest BCUT2D eigenvalue weighted by Crippen LogP contribution is -2.22. The Kier molecular flexibility index (Phi) is 36.7. The fourth-order valence-electron chi connectivity index (χ4n) is 0.254. The van der Waals surface area contributed by atoms with Gasteiger partial charge in [0.15, 0.2) is 0 Å². The Bertz CT molecular complexity index is 47.5. The molecule has 68 valence electrons. The summed E-state index contributed by atoms with van der Waals surface area (Å²) < 4.78 is 4.84. The molecule has 0 aliphatic rings. The van der Waals surface area contributed by atoms with Gasteiger partial charge in [-0.1, -0.05) is 0 Å². The van der Waals surface area contributed by atoms with Crippen molar-refractivity contribution in [3.63, 3.8) is 0 Å². The van der Waals surface area contributed by atoms with Gasteiger partial charge in [-0.2, -0.15) is 0 Å². The molecule has 0 saturated heterocycles. The summed E-state index contributed by atoms with van der Waals surface area (Å²) in [6, 6.07) is 0.